The predicted molar refractivity (Wildman–Crippen MR) is 76.8 cm³/mol. The second-order valence-electron chi connectivity index (χ2n) is 4.92. The highest BCUT2D eigenvalue weighted by atomic mass is 32.2. The number of amides is 1. The molecule has 0 radical (unpaired) electrons. The van der Waals surface area contributed by atoms with Crippen LogP contribution in [0.15, 0.2) is 0 Å². The van der Waals surface area contributed by atoms with E-state index in [0.29, 0.717) is 6.54 Å². The molecule has 1 atom stereocenters. The van der Waals surface area contributed by atoms with Crippen LogP contribution in [0, 0.1) is 13.8 Å². The summed E-state index contributed by atoms with van der Waals surface area (Å²) in [6.45, 7) is 5.92. The molecular formula is C12H22N4O3S. The van der Waals surface area contributed by atoms with Crippen molar-refractivity contribution in [2.24, 2.45) is 0 Å². The Labute approximate surface area is 119 Å². The van der Waals surface area contributed by atoms with Crippen LogP contribution in [0.3, 0.4) is 0 Å². The lowest BCUT2D eigenvalue weighted by atomic mass is 10.1. The number of carbonyl (C=O) groups excluding carboxylic acids is 1. The van der Waals surface area contributed by atoms with E-state index >= 15 is 0 Å². The van der Waals surface area contributed by atoms with Crippen molar-refractivity contribution < 1.29 is 13.2 Å². The number of nitrogens with one attached hydrogen (secondary N) is 3. The molecule has 0 aliphatic carbocycles. The number of aromatic amines is 1. The topological polar surface area (TPSA) is 104 Å². The standard InChI is InChI=1S/C12H22N4O3S/c1-8-11(9(2)15-14-8)6-5-7-13-12(17)10(3)16-20(4,18)19/h10,16H,5-7H2,1-4H3,(H,13,17)(H,14,15)/t10-/m1/s1. The Kier molecular flexibility index (Phi) is 5.70. The first-order valence-electron chi connectivity index (χ1n) is 6.46. The van der Waals surface area contributed by atoms with Gasteiger partial charge in [-0.25, -0.2) is 13.1 Å². The summed E-state index contributed by atoms with van der Waals surface area (Å²) in [5.41, 5.74) is 3.18. The minimum Gasteiger partial charge on any atom is -0.355 e. The van der Waals surface area contributed by atoms with Crippen molar-refractivity contribution in [3.05, 3.63) is 17.0 Å². The van der Waals surface area contributed by atoms with Gasteiger partial charge < -0.3 is 5.32 Å². The minimum absolute atomic E-state index is 0.323. The molecular weight excluding hydrogens is 280 g/mol. The Morgan fingerprint density at radius 2 is 2.05 bits per heavy atom. The van der Waals surface area contributed by atoms with Crippen molar-refractivity contribution in [1.29, 1.82) is 0 Å². The average molecular weight is 302 g/mol. The summed E-state index contributed by atoms with van der Waals surface area (Å²) in [5.74, 6) is -0.323. The zero-order chi connectivity index (χ0) is 15.3. The first-order chi connectivity index (χ1) is 9.20. The normalized spacial score (nSPS) is 13.2. The largest absolute Gasteiger partial charge is 0.355 e. The van der Waals surface area contributed by atoms with Crippen LogP contribution in [0.2, 0.25) is 0 Å². The highest BCUT2D eigenvalue weighted by molar-refractivity contribution is 7.88. The van der Waals surface area contributed by atoms with Crippen LogP contribution in [-0.2, 0) is 21.2 Å². The van der Waals surface area contributed by atoms with Crippen molar-refractivity contribution in [2.45, 2.75) is 39.7 Å². The van der Waals surface area contributed by atoms with E-state index < -0.39 is 16.1 Å². The number of rotatable bonds is 7. The van der Waals surface area contributed by atoms with Crippen LogP contribution >= 0.6 is 0 Å². The first kappa shape index (κ1) is 16.6. The fraction of sp³-hybridized carbons (Fsp3) is 0.667. The van der Waals surface area contributed by atoms with Crippen molar-refractivity contribution in [3.8, 4) is 0 Å². The summed E-state index contributed by atoms with van der Waals surface area (Å²) in [7, 11) is -3.37. The van der Waals surface area contributed by atoms with Crippen molar-refractivity contribution >= 4 is 15.9 Å². The minimum atomic E-state index is -3.37. The van der Waals surface area contributed by atoms with E-state index in [2.05, 4.69) is 20.2 Å². The second kappa shape index (κ2) is 6.85. The fourth-order valence-corrected chi connectivity index (χ4v) is 2.70. The van der Waals surface area contributed by atoms with Gasteiger partial charge in [-0.2, -0.15) is 5.10 Å². The quantitative estimate of drug-likeness (QED) is 0.617. The third kappa shape index (κ3) is 5.30. The second-order valence-corrected chi connectivity index (χ2v) is 6.70. The molecule has 1 aromatic rings. The Balaban J connectivity index is 2.33. The zero-order valence-electron chi connectivity index (χ0n) is 12.3. The summed E-state index contributed by atoms with van der Waals surface area (Å²) in [4.78, 5) is 11.7. The summed E-state index contributed by atoms with van der Waals surface area (Å²) in [6, 6.07) is -0.762. The molecule has 114 valence electrons. The maximum absolute atomic E-state index is 11.7. The lowest BCUT2D eigenvalue weighted by Gasteiger charge is -2.12. The van der Waals surface area contributed by atoms with Crippen LogP contribution in [-0.4, -0.2) is 43.4 Å². The molecule has 0 unspecified atom stereocenters. The molecule has 0 aromatic carbocycles. The van der Waals surface area contributed by atoms with Gasteiger partial charge in [0.25, 0.3) is 0 Å². The third-order valence-electron chi connectivity index (χ3n) is 2.97. The Morgan fingerprint density at radius 3 is 2.55 bits per heavy atom. The molecule has 0 fully saturated rings. The molecule has 1 heterocycles. The van der Waals surface area contributed by atoms with Gasteiger partial charge in [-0.3, -0.25) is 9.89 Å². The number of sulfonamides is 1. The molecule has 1 amide bonds. The van der Waals surface area contributed by atoms with E-state index in [-0.39, 0.29) is 5.91 Å². The van der Waals surface area contributed by atoms with E-state index in [4.69, 9.17) is 0 Å². The van der Waals surface area contributed by atoms with Crippen molar-refractivity contribution in [2.75, 3.05) is 12.8 Å². The van der Waals surface area contributed by atoms with Crippen LogP contribution in [0.4, 0.5) is 0 Å². The van der Waals surface area contributed by atoms with E-state index in [0.717, 1.165) is 30.5 Å². The van der Waals surface area contributed by atoms with Gasteiger partial charge in [0.2, 0.25) is 15.9 Å². The summed E-state index contributed by atoms with van der Waals surface area (Å²) in [6.07, 6.45) is 2.63. The van der Waals surface area contributed by atoms with Crippen molar-refractivity contribution in [3.63, 3.8) is 0 Å². The van der Waals surface area contributed by atoms with Gasteiger partial charge in [-0.15, -0.1) is 0 Å². The maximum Gasteiger partial charge on any atom is 0.237 e. The zero-order valence-corrected chi connectivity index (χ0v) is 13.1. The molecule has 0 saturated carbocycles. The molecule has 0 aliphatic rings. The van der Waals surface area contributed by atoms with Crippen LogP contribution < -0.4 is 10.0 Å². The molecule has 20 heavy (non-hydrogen) atoms. The lowest BCUT2D eigenvalue weighted by Crippen LogP contribution is -2.44. The molecule has 3 N–H and O–H groups in total. The van der Waals surface area contributed by atoms with E-state index in [1.54, 1.807) is 0 Å². The van der Waals surface area contributed by atoms with Gasteiger partial charge in [0.05, 0.1) is 18.0 Å². The summed E-state index contributed by atoms with van der Waals surface area (Å²) in [5, 5.41) is 9.74. The van der Waals surface area contributed by atoms with Gasteiger partial charge in [0.15, 0.2) is 0 Å². The molecule has 0 spiro atoms. The number of aromatic nitrogens is 2. The number of nitrogens with zero attached hydrogens (tertiary/aromatic N) is 1. The Bertz CT molecular complexity index is 546. The van der Waals surface area contributed by atoms with Gasteiger partial charge in [0.1, 0.15) is 0 Å². The van der Waals surface area contributed by atoms with E-state index in [9.17, 15) is 13.2 Å². The summed E-state index contributed by atoms with van der Waals surface area (Å²) >= 11 is 0. The van der Waals surface area contributed by atoms with E-state index in [1.807, 2.05) is 13.8 Å². The Hall–Kier alpha value is -1.41. The van der Waals surface area contributed by atoms with Gasteiger partial charge >= 0.3 is 0 Å². The number of H-pyrrole nitrogens is 1. The number of carbonyl (C=O) groups is 1. The van der Waals surface area contributed by atoms with Gasteiger partial charge in [-0.05, 0) is 39.2 Å². The number of aryl methyl sites for hydroxylation is 2. The number of hydrogen-bond donors (Lipinski definition) is 3. The Morgan fingerprint density at radius 1 is 1.40 bits per heavy atom. The maximum atomic E-state index is 11.7. The van der Waals surface area contributed by atoms with Gasteiger partial charge in [-0.1, -0.05) is 0 Å². The highest BCUT2D eigenvalue weighted by Crippen LogP contribution is 2.11. The van der Waals surface area contributed by atoms with Crippen molar-refractivity contribution in [1.82, 2.24) is 20.2 Å². The molecule has 0 saturated heterocycles. The predicted octanol–water partition coefficient (Wildman–Crippen LogP) is 0.0130. The lowest BCUT2D eigenvalue weighted by molar-refractivity contribution is -0.122. The van der Waals surface area contributed by atoms with Crippen LogP contribution in [0.5, 0.6) is 0 Å². The first-order valence-corrected chi connectivity index (χ1v) is 8.35. The van der Waals surface area contributed by atoms with E-state index in [1.165, 1.54) is 12.5 Å². The molecule has 8 heteroatoms. The van der Waals surface area contributed by atoms with Crippen LogP contribution in [0.25, 0.3) is 0 Å². The molecule has 1 rings (SSSR count). The van der Waals surface area contributed by atoms with Crippen LogP contribution in [0.1, 0.15) is 30.3 Å². The average Bonchev–Trinajstić information content (AvgIpc) is 2.63. The molecule has 0 aliphatic heterocycles. The smallest absolute Gasteiger partial charge is 0.237 e. The fourth-order valence-electron chi connectivity index (χ4n) is 1.95. The monoisotopic (exact) mass is 302 g/mol. The molecule has 1 aromatic heterocycles. The third-order valence-corrected chi connectivity index (χ3v) is 3.75. The highest BCUT2D eigenvalue weighted by Gasteiger charge is 2.16. The van der Waals surface area contributed by atoms with Gasteiger partial charge in [0, 0.05) is 12.2 Å². The number of hydrogen-bond acceptors (Lipinski definition) is 4. The summed E-state index contributed by atoms with van der Waals surface area (Å²) < 4.78 is 24.2. The molecule has 7 nitrogen and oxygen atoms in total. The SMILES string of the molecule is Cc1n[nH]c(C)c1CCCNC(=O)[C@@H](C)NS(C)(=O)=O. The molecule has 0 bridgehead atoms.